The van der Waals surface area contributed by atoms with Crippen LogP contribution in [0, 0.1) is 12.3 Å². The van der Waals surface area contributed by atoms with E-state index in [1.165, 1.54) is 7.11 Å². The molecule has 0 heterocycles. The van der Waals surface area contributed by atoms with Gasteiger partial charge in [0.05, 0.1) is 7.11 Å². The van der Waals surface area contributed by atoms with Gasteiger partial charge >= 0.3 is 5.97 Å². The largest absolute Gasteiger partial charge is 0.469 e. The topological polar surface area (TPSA) is 35.5 Å². The maximum atomic E-state index is 10.8. The Balaban J connectivity index is 2.99. The zero-order chi connectivity index (χ0) is 11.4. The third-order valence-electron chi connectivity index (χ3n) is 2.08. The molecule has 86 valence electrons. The minimum atomic E-state index is -0.118. The monoisotopic (exact) mass is 212 g/mol. The number of esters is 1. The molecule has 0 amide bonds. The Morgan fingerprint density at radius 3 is 2.53 bits per heavy atom. The highest BCUT2D eigenvalue weighted by molar-refractivity contribution is 5.68. The molecule has 0 aromatic rings. The minimum Gasteiger partial charge on any atom is -0.469 e. The van der Waals surface area contributed by atoms with Crippen LogP contribution in [0.25, 0.3) is 0 Å². The molecule has 0 saturated heterocycles. The average Bonchev–Trinajstić information content (AvgIpc) is 2.26. The standard InChI is InChI=1S/C12H20O3/c1-3-10-15-11-8-6-4-5-7-9-12(13)14-2/h1H,4-11H2,2H3. The van der Waals surface area contributed by atoms with Crippen molar-refractivity contribution in [3.8, 4) is 12.3 Å². The van der Waals surface area contributed by atoms with E-state index in [-0.39, 0.29) is 5.97 Å². The number of hydrogen-bond acceptors (Lipinski definition) is 3. The number of hydrogen-bond donors (Lipinski definition) is 0. The Morgan fingerprint density at radius 1 is 1.20 bits per heavy atom. The van der Waals surface area contributed by atoms with Crippen LogP contribution in [0.2, 0.25) is 0 Å². The molecule has 0 N–H and O–H groups in total. The molecule has 0 radical (unpaired) electrons. The van der Waals surface area contributed by atoms with E-state index in [0.29, 0.717) is 13.0 Å². The van der Waals surface area contributed by atoms with E-state index in [4.69, 9.17) is 11.2 Å². The number of carbonyl (C=O) groups excluding carboxylic acids is 1. The van der Waals surface area contributed by atoms with Gasteiger partial charge in [-0.1, -0.05) is 25.2 Å². The highest BCUT2D eigenvalue weighted by Gasteiger charge is 1.98. The van der Waals surface area contributed by atoms with Crippen LogP contribution in [0.3, 0.4) is 0 Å². The molecule has 0 aliphatic carbocycles. The zero-order valence-electron chi connectivity index (χ0n) is 9.46. The maximum absolute atomic E-state index is 10.8. The molecule has 0 atom stereocenters. The van der Waals surface area contributed by atoms with Crippen LogP contribution >= 0.6 is 0 Å². The quantitative estimate of drug-likeness (QED) is 0.334. The van der Waals surface area contributed by atoms with Crippen molar-refractivity contribution in [3.63, 3.8) is 0 Å². The summed E-state index contributed by atoms with van der Waals surface area (Å²) in [4.78, 5) is 10.8. The van der Waals surface area contributed by atoms with Crippen molar-refractivity contribution in [2.24, 2.45) is 0 Å². The molecule has 0 aliphatic heterocycles. The Hall–Kier alpha value is -1.01. The number of methoxy groups -OCH3 is 1. The highest BCUT2D eigenvalue weighted by Crippen LogP contribution is 2.05. The van der Waals surface area contributed by atoms with Gasteiger partial charge in [-0.05, 0) is 12.8 Å². The van der Waals surface area contributed by atoms with Crippen molar-refractivity contribution in [1.29, 1.82) is 0 Å². The fourth-order valence-electron chi connectivity index (χ4n) is 1.24. The van der Waals surface area contributed by atoms with Crippen LogP contribution in [-0.2, 0) is 14.3 Å². The summed E-state index contributed by atoms with van der Waals surface area (Å²) in [6.45, 7) is 1.14. The molecule has 0 aromatic heterocycles. The van der Waals surface area contributed by atoms with Crippen molar-refractivity contribution in [2.45, 2.75) is 38.5 Å². The van der Waals surface area contributed by atoms with Gasteiger partial charge < -0.3 is 9.47 Å². The van der Waals surface area contributed by atoms with Crippen LogP contribution in [0.5, 0.6) is 0 Å². The molecule has 0 rings (SSSR count). The first-order valence-electron chi connectivity index (χ1n) is 5.39. The summed E-state index contributed by atoms with van der Waals surface area (Å²) in [5, 5.41) is 0. The first-order chi connectivity index (χ1) is 7.31. The van der Waals surface area contributed by atoms with Gasteiger partial charge in [0.25, 0.3) is 0 Å². The van der Waals surface area contributed by atoms with E-state index in [9.17, 15) is 4.79 Å². The van der Waals surface area contributed by atoms with Gasteiger partial charge in [-0.3, -0.25) is 4.79 Å². The smallest absolute Gasteiger partial charge is 0.305 e. The normalized spacial score (nSPS) is 9.60. The second-order valence-electron chi connectivity index (χ2n) is 3.35. The lowest BCUT2D eigenvalue weighted by Crippen LogP contribution is -1.99. The SMILES string of the molecule is C#CCOCCCCCCCC(=O)OC. The lowest BCUT2D eigenvalue weighted by molar-refractivity contribution is -0.140. The Morgan fingerprint density at radius 2 is 1.87 bits per heavy atom. The van der Waals surface area contributed by atoms with Crippen LogP contribution in [0.4, 0.5) is 0 Å². The fraction of sp³-hybridized carbons (Fsp3) is 0.750. The van der Waals surface area contributed by atoms with Crippen LogP contribution in [0.15, 0.2) is 0 Å². The number of ether oxygens (including phenoxy) is 2. The molecule has 0 aliphatic rings. The van der Waals surface area contributed by atoms with E-state index < -0.39 is 0 Å². The molecular weight excluding hydrogens is 192 g/mol. The van der Waals surface area contributed by atoms with Crippen molar-refractivity contribution >= 4 is 5.97 Å². The Bertz CT molecular complexity index is 194. The number of unbranched alkanes of at least 4 members (excludes halogenated alkanes) is 4. The van der Waals surface area contributed by atoms with E-state index >= 15 is 0 Å². The highest BCUT2D eigenvalue weighted by atomic mass is 16.5. The third-order valence-corrected chi connectivity index (χ3v) is 2.08. The van der Waals surface area contributed by atoms with Gasteiger partial charge in [-0.2, -0.15) is 0 Å². The van der Waals surface area contributed by atoms with Gasteiger partial charge in [0.15, 0.2) is 0 Å². The summed E-state index contributed by atoms with van der Waals surface area (Å²) >= 11 is 0. The maximum Gasteiger partial charge on any atom is 0.305 e. The fourth-order valence-corrected chi connectivity index (χ4v) is 1.24. The van der Waals surface area contributed by atoms with E-state index in [0.717, 1.165) is 38.7 Å². The lowest BCUT2D eigenvalue weighted by atomic mass is 10.1. The van der Waals surface area contributed by atoms with Crippen LogP contribution < -0.4 is 0 Å². The first-order valence-corrected chi connectivity index (χ1v) is 5.39. The summed E-state index contributed by atoms with van der Waals surface area (Å²) in [5.74, 6) is 2.31. The Kier molecular flexibility index (Phi) is 10.3. The number of rotatable bonds is 9. The van der Waals surface area contributed by atoms with E-state index in [2.05, 4.69) is 10.7 Å². The second kappa shape index (κ2) is 11.1. The van der Waals surface area contributed by atoms with E-state index in [1.807, 2.05) is 0 Å². The van der Waals surface area contributed by atoms with Crippen LogP contribution in [0.1, 0.15) is 38.5 Å². The summed E-state index contributed by atoms with van der Waals surface area (Å²) in [7, 11) is 1.42. The average molecular weight is 212 g/mol. The first kappa shape index (κ1) is 14.0. The van der Waals surface area contributed by atoms with E-state index in [1.54, 1.807) is 0 Å². The summed E-state index contributed by atoms with van der Waals surface area (Å²) in [6.07, 6.45) is 10.9. The van der Waals surface area contributed by atoms with Gasteiger partial charge in [0.1, 0.15) is 6.61 Å². The van der Waals surface area contributed by atoms with Crippen LogP contribution in [-0.4, -0.2) is 26.3 Å². The molecule has 0 unspecified atom stereocenters. The van der Waals surface area contributed by atoms with Gasteiger partial charge in [-0.25, -0.2) is 0 Å². The zero-order valence-corrected chi connectivity index (χ0v) is 9.46. The second-order valence-corrected chi connectivity index (χ2v) is 3.35. The van der Waals surface area contributed by atoms with Crippen molar-refractivity contribution in [2.75, 3.05) is 20.3 Å². The molecular formula is C12H20O3. The van der Waals surface area contributed by atoms with Crippen molar-refractivity contribution in [1.82, 2.24) is 0 Å². The lowest BCUT2D eigenvalue weighted by Gasteiger charge is -2.01. The molecule has 3 heteroatoms. The third kappa shape index (κ3) is 10.9. The summed E-state index contributed by atoms with van der Waals surface area (Å²) in [6, 6.07) is 0. The molecule has 15 heavy (non-hydrogen) atoms. The number of carbonyl (C=O) groups is 1. The molecule has 0 fully saturated rings. The number of terminal acetylenes is 1. The van der Waals surface area contributed by atoms with Gasteiger partial charge in [0.2, 0.25) is 0 Å². The summed E-state index contributed by atoms with van der Waals surface area (Å²) < 4.78 is 9.68. The van der Waals surface area contributed by atoms with Crippen molar-refractivity contribution < 1.29 is 14.3 Å². The van der Waals surface area contributed by atoms with Gasteiger partial charge in [0, 0.05) is 13.0 Å². The minimum absolute atomic E-state index is 0.118. The molecule has 0 saturated carbocycles. The molecule has 0 aromatic carbocycles. The van der Waals surface area contributed by atoms with Crippen molar-refractivity contribution in [3.05, 3.63) is 0 Å². The predicted molar refractivity (Wildman–Crippen MR) is 59.4 cm³/mol. The molecule has 0 spiro atoms. The van der Waals surface area contributed by atoms with Gasteiger partial charge in [-0.15, -0.1) is 6.42 Å². The predicted octanol–water partition coefficient (Wildman–Crippen LogP) is 2.15. The Labute approximate surface area is 92.1 Å². The molecule has 0 bridgehead atoms. The summed E-state index contributed by atoms with van der Waals surface area (Å²) in [5.41, 5.74) is 0. The molecule has 3 nitrogen and oxygen atoms in total.